The number of benzene rings is 1. The van der Waals surface area contributed by atoms with Crippen molar-refractivity contribution < 1.29 is 9.72 Å². The van der Waals surface area contributed by atoms with Crippen LogP contribution in [-0.4, -0.2) is 30.5 Å². The van der Waals surface area contributed by atoms with Crippen LogP contribution in [0.2, 0.25) is 0 Å². The molecule has 0 aliphatic rings. The van der Waals surface area contributed by atoms with Crippen LogP contribution in [-0.2, 0) is 0 Å². The largest absolute Gasteiger partial charge is 0.350 e. The van der Waals surface area contributed by atoms with Crippen molar-refractivity contribution in [1.29, 1.82) is 0 Å². The summed E-state index contributed by atoms with van der Waals surface area (Å²) in [5.74, 6) is -0.293. The third kappa shape index (κ3) is 4.84. The number of rotatable bonds is 5. The molecule has 0 saturated heterocycles. The first-order chi connectivity index (χ1) is 8.45. The SMILES string of the molecule is CNC(C)CNC(=O)c1cc([N+](=O)[O-])ccc1C.Cl. The van der Waals surface area contributed by atoms with E-state index in [1.807, 2.05) is 6.92 Å². The van der Waals surface area contributed by atoms with Crippen LogP contribution in [0.5, 0.6) is 0 Å². The van der Waals surface area contributed by atoms with E-state index in [1.54, 1.807) is 20.0 Å². The van der Waals surface area contributed by atoms with Crippen LogP contribution in [0.15, 0.2) is 18.2 Å². The number of amides is 1. The fourth-order valence-corrected chi connectivity index (χ4v) is 1.41. The van der Waals surface area contributed by atoms with Crippen molar-refractivity contribution in [3.8, 4) is 0 Å². The van der Waals surface area contributed by atoms with E-state index < -0.39 is 4.92 Å². The number of likely N-dealkylation sites (N-methyl/N-ethyl adjacent to an activating group) is 1. The molecule has 0 aromatic heterocycles. The Kier molecular flexibility index (Phi) is 7.03. The van der Waals surface area contributed by atoms with E-state index in [0.29, 0.717) is 12.1 Å². The molecule has 1 aromatic rings. The lowest BCUT2D eigenvalue weighted by atomic mass is 10.1. The highest BCUT2D eigenvalue weighted by Gasteiger charge is 2.14. The fourth-order valence-electron chi connectivity index (χ4n) is 1.41. The molecule has 0 heterocycles. The first kappa shape index (κ1) is 17.3. The van der Waals surface area contributed by atoms with E-state index in [0.717, 1.165) is 5.56 Å². The smallest absolute Gasteiger partial charge is 0.270 e. The summed E-state index contributed by atoms with van der Waals surface area (Å²) in [6.45, 7) is 4.15. The van der Waals surface area contributed by atoms with Gasteiger partial charge in [0.1, 0.15) is 0 Å². The van der Waals surface area contributed by atoms with Gasteiger partial charge in [0.25, 0.3) is 11.6 Å². The molecule has 0 aliphatic carbocycles. The summed E-state index contributed by atoms with van der Waals surface area (Å²) in [5, 5.41) is 16.4. The molecule has 0 aliphatic heterocycles. The van der Waals surface area contributed by atoms with Crippen molar-refractivity contribution in [1.82, 2.24) is 10.6 Å². The van der Waals surface area contributed by atoms with Gasteiger partial charge in [-0.1, -0.05) is 6.07 Å². The number of carbonyl (C=O) groups is 1. The van der Waals surface area contributed by atoms with E-state index in [2.05, 4.69) is 10.6 Å². The summed E-state index contributed by atoms with van der Waals surface area (Å²) >= 11 is 0. The van der Waals surface area contributed by atoms with Gasteiger partial charge in [-0.2, -0.15) is 0 Å². The number of hydrogen-bond acceptors (Lipinski definition) is 4. The van der Waals surface area contributed by atoms with E-state index >= 15 is 0 Å². The minimum absolute atomic E-state index is 0. The van der Waals surface area contributed by atoms with Crippen molar-refractivity contribution in [2.45, 2.75) is 19.9 Å². The van der Waals surface area contributed by atoms with Gasteiger partial charge in [0.15, 0.2) is 0 Å². The molecule has 19 heavy (non-hydrogen) atoms. The lowest BCUT2D eigenvalue weighted by molar-refractivity contribution is -0.384. The Hall–Kier alpha value is -1.66. The lowest BCUT2D eigenvalue weighted by Crippen LogP contribution is -2.37. The number of nitrogens with one attached hydrogen (secondary N) is 2. The van der Waals surface area contributed by atoms with Crippen LogP contribution in [0, 0.1) is 17.0 Å². The van der Waals surface area contributed by atoms with Crippen LogP contribution in [0.1, 0.15) is 22.8 Å². The van der Waals surface area contributed by atoms with E-state index in [9.17, 15) is 14.9 Å². The topological polar surface area (TPSA) is 84.3 Å². The molecule has 6 nitrogen and oxygen atoms in total. The van der Waals surface area contributed by atoms with E-state index in [4.69, 9.17) is 0 Å². The summed E-state index contributed by atoms with van der Waals surface area (Å²) in [5.41, 5.74) is 0.982. The Bertz CT molecular complexity index is 466. The molecule has 7 heteroatoms. The number of hydrogen-bond donors (Lipinski definition) is 2. The minimum Gasteiger partial charge on any atom is -0.350 e. The summed E-state index contributed by atoms with van der Waals surface area (Å²) < 4.78 is 0. The van der Waals surface area contributed by atoms with Crippen molar-refractivity contribution in [3.63, 3.8) is 0 Å². The number of nitro benzene ring substituents is 1. The minimum atomic E-state index is -0.507. The Labute approximate surface area is 118 Å². The van der Waals surface area contributed by atoms with Crippen LogP contribution in [0.3, 0.4) is 0 Å². The van der Waals surface area contributed by atoms with Gasteiger partial charge in [-0.25, -0.2) is 0 Å². The molecule has 1 amide bonds. The molecule has 0 spiro atoms. The van der Waals surface area contributed by atoms with Crippen molar-refractivity contribution >= 4 is 24.0 Å². The Morgan fingerprint density at radius 3 is 2.63 bits per heavy atom. The molecule has 0 bridgehead atoms. The molecule has 0 fully saturated rings. The second-order valence-electron chi connectivity index (χ2n) is 4.16. The van der Waals surface area contributed by atoms with Gasteiger partial charge in [0.2, 0.25) is 0 Å². The number of nitrogens with zero attached hydrogens (tertiary/aromatic N) is 1. The van der Waals surface area contributed by atoms with Crippen molar-refractivity contribution in [2.75, 3.05) is 13.6 Å². The number of aryl methyl sites for hydroxylation is 1. The summed E-state index contributed by atoms with van der Waals surface area (Å²) in [4.78, 5) is 22.1. The zero-order valence-electron chi connectivity index (χ0n) is 11.1. The maximum absolute atomic E-state index is 11.9. The molecule has 1 aromatic carbocycles. The second-order valence-corrected chi connectivity index (χ2v) is 4.16. The first-order valence-corrected chi connectivity index (χ1v) is 5.66. The van der Waals surface area contributed by atoms with Crippen LogP contribution in [0.25, 0.3) is 0 Å². The predicted molar refractivity (Wildman–Crippen MR) is 75.9 cm³/mol. The fraction of sp³-hybridized carbons (Fsp3) is 0.417. The third-order valence-corrected chi connectivity index (χ3v) is 2.74. The zero-order valence-corrected chi connectivity index (χ0v) is 11.9. The van der Waals surface area contributed by atoms with Crippen LogP contribution >= 0.6 is 12.4 Å². The van der Waals surface area contributed by atoms with Gasteiger partial charge < -0.3 is 10.6 Å². The number of non-ortho nitro benzene ring substituents is 1. The van der Waals surface area contributed by atoms with Gasteiger partial charge in [-0.05, 0) is 26.5 Å². The average Bonchev–Trinajstić information content (AvgIpc) is 2.35. The van der Waals surface area contributed by atoms with Gasteiger partial charge in [0, 0.05) is 30.3 Å². The maximum atomic E-state index is 11.9. The molecule has 1 atom stereocenters. The van der Waals surface area contributed by atoms with Crippen molar-refractivity contribution in [2.24, 2.45) is 0 Å². The van der Waals surface area contributed by atoms with E-state index in [1.165, 1.54) is 12.1 Å². The van der Waals surface area contributed by atoms with Crippen LogP contribution in [0.4, 0.5) is 5.69 Å². The first-order valence-electron chi connectivity index (χ1n) is 5.66. The van der Waals surface area contributed by atoms with Gasteiger partial charge in [-0.3, -0.25) is 14.9 Å². The number of halogens is 1. The van der Waals surface area contributed by atoms with Crippen LogP contribution < -0.4 is 10.6 Å². The molecule has 2 N–H and O–H groups in total. The lowest BCUT2D eigenvalue weighted by Gasteiger charge is -2.12. The van der Waals surface area contributed by atoms with Gasteiger partial charge >= 0.3 is 0 Å². The number of nitro groups is 1. The second kappa shape index (κ2) is 7.70. The quantitative estimate of drug-likeness (QED) is 0.637. The molecule has 1 unspecified atom stereocenters. The number of carbonyl (C=O) groups excluding carboxylic acids is 1. The Balaban J connectivity index is 0.00000324. The highest BCUT2D eigenvalue weighted by molar-refractivity contribution is 5.96. The highest BCUT2D eigenvalue weighted by atomic mass is 35.5. The molecule has 0 saturated carbocycles. The summed E-state index contributed by atoms with van der Waals surface area (Å²) in [7, 11) is 1.80. The molecule has 106 valence electrons. The Morgan fingerprint density at radius 2 is 2.11 bits per heavy atom. The summed E-state index contributed by atoms with van der Waals surface area (Å²) in [6, 6.07) is 4.42. The Morgan fingerprint density at radius 1 is 1.47 bits per heavy atom. The zero-order chi connectivity index (χ0) is 13.7. The standard InChI is InChI=1S/C12H17N3O3.ClH/c1-8-4-5-10(15(17)18)6-11(8)12(16)14-7-9(2)13-3;/h4-6,9,13H,7H2,1-3H3,(H,14,16);1H. The normalized spacial score (nSPS) is 11.3. The molecule has 0 radical (unpaired) electrons. The highest BCUT2D eigenvalue weighted by Crippen LogP contribution is 2.17. The average molecular weight is 288 g/mol. The predicted octanol–water partition coefficient (Wildman–Crippen LogP) is 1.66. The van der Waals surface area contributed by atoms with Gasteiger partial charge in [-0.15, -0.1) is 12.4 Å². The van der Waals surface area contributed by atoms with E-state index in [-0.39, 0.29) is 30.0 Å². The maximum Gasteiger partial charge on any atom is 0.270 e. The summed E-state index contributed by atoms with van der Waals surface area (Å²) in [6.07, 6.45) is 0. The van der Waals surface area contributed by atoms with Gasteiger partial charge in [0.05, 0.1) is 4.92 Å². The third-order valence-electron chi connectivity index (χ3n) is 2.74. The molecular formula is C12H18ClN3O3. The monoisotopic (exact) mass is 287 g/mol. The van der Waals surface area contributed by atoms with Crippen molar-refractivity contribution in [3.05, 3.63) is 39.4 Å². The molecule has 1 rings (SSSR count). The molecular weight excluding hydrogens is 270 g/mol.